The molecule has 4 rings (SSSR count). The van der Waals surface area contributed by atoms with E-state index in [0.29, 0.717) is 17.1 Å². The fourth-order valence-electron chi connectivity index (χ4n) is 3.34. The fraction of sp³-hybridized carbons (Fsp3) is 0.280. The molecule has 0 saturated carbocycles. The van der Waals surface area contributed by atoms with Crippen LogP contribution in [0.25, 0.3) is 6.08 Å². The maximum Gasteiger partial charge on any atom is 0.344 e. The van der Waals surface area contributed by atoms with Gasteiger partial charge in [0, 0.05) is 11.6 Å². The molecule has 0 fully saturated rings. The molecule has 6 nitrogen and oxygen atoms in total. The number of esters is 1. The Morgan fingerprint density at radius 2 is 1.90 bits per heavy atom. The maximum atomic E-state index is 12.8. The van der Waals surface area contributed by atoms with Crippen LogP contribution in [0.15, 0.2) is 59.9 Å². The van der Waals surface area contributed by atoms with E-state index in [1.165, 1.54) is 0 Å². The zero-order valence-corrected chi connectivity index (χ0v) is 17.9. The van der Waals surface area contributed by atoms with Gasteiger partial charge in [0.05, 0.1) is 5.56 Å². The van der Waals surface area contributed by atoms with Gasteiger partial charge in [-0.1, -0.05) is 18.2 Å². The van der Waals surface area contributed by atoms with Crippen LogP contribution in [0.3, 0.4) is 0 Å². The van der Waals surface area contributed by atoms with Crippen molar-refractivity contribution in [2.45, 2.75) is 39.4 Å². The van der Waals surface area contributed by atoms with E-state index in [-0.39, 0.29) is 24.3 Å². The van der Waals surface area contributed by atoms with Crippen LogP contribution in [0.1, 0.15) is 43.6 Å². The van der Waals surface area contributed by atoms with Gasteiger partial charge < -0.3 is 18.9 Å². The number of ketones is 1. The van der Waals surface area contributed by atoms with Crippen molar-refractivity contribution in [3.05, 3.63) is 71.0 Å². The second kappa shape index (κ2) is 7.95. The number of carbonyl (C=O) groups excluding carboxylic acids is 2. The number of para-hydroxylation sites is 1. The topological polar surface area (TPSA) is 71.1 Å². The van der Waals surface area contributed by atoms with E-state index in [2.05, 4.69) is 0 Å². The molecule has 0 aliphatic carbocycles. The Morgan fingerprint density at radius 1 is 1.13 bits per heavy atom. The van der Waals surface area contributed by atoms with Gasteiger partial charge in [-0.25, -0.2) is 4.79 Å². The molecular formula is C25H24O6. The Balaban J connectivity index is 1.49. The predicted octanol–water partition coefficient (Wildman–Crippen LogP) is 4.73. The SMILES string of the molecule is CC1Oc2ccccc2C=C1/C=C1\Oc2cc(OCC(=O)OC(C)(C)C)ccc2C1=O. The number of hydrogen-bond donors (Lipinski definition) is 0. The molecule has 0 N–H and O–H groups in total. The highest BCUT2D eigenvalue weighted by Gasteiger charge is 2.29. The van der Waals surface area contributed by atoms with E-state index >= 15 is 0 Å². The van der Waals surface area contributed by atoms with Gasteiger partial charge in [0.1, 0.15) is 29.0 Å². The summed E-state index contributed by atoms with van der Waals surface area (Å²) in [5, 5.41) is 0. The lowest BCUT2D eigenvalue weighted by molar-refractivity contribution is -0.157. The first-order valence-corrected chi connectivity index (χ1v) is 10.1. The van der Waals surface area contributed by atoms with E-state index in [0.717, 1.165) is 16.9 Å². The summed E-state index contributed by atoms with van der Waals surface area (Å²) in [6, 6.07) is 12.6. The number of Topliss-reactive ketones (excluding diaryl/α,β-unsaturated/α-hetero) is 1. The van der Waals surface area contributed by atoms with Crippen LogP contribution < -0.4 is 14.2 Å². The molecule has 0 spiro atoms. The van der Waals surface area contributed by atoms with Crippen LogP contribution in [-0.4, -0.2) is 30.1 Å². The summed E-state index contributed by atoms with van der Waals surface area (Å²) in [5.41, 5.74) is 1.66. The van der Waals surface area contributed by atoms with Gasteiger partial charge in [-0.15, -0.1) is 0 Å². The van der Waals surface area contributed by atoms with E-state index in [4.69, 9.17) is 18.9 Å². The Bertz CT molecular complexity index is 1100. The molecule has 0 amide bonds. The summed E-state index contributed by atoms with van der Waals surface area (Å²) < 4.78 is 22.5. The van der Waals surface area contributed by atoms with Crippen LogP contribution in [-0.2, 0) is 9.53 Å². The van der Waals surface area contributed by atoms with E-state index in [1.54, 1.807) is 45.0 Å². The normalized spacial score (nSPS) is 18.5. The van der Waals surface area contributed by atoms with Gasteiger partial charge in [-0.05, 0) is 63.6 Å². The predicted molar refractivity (Wildman–Crippen MR) is 115 cm³/mol. The van der Waals surface area contributed by atoms with E-state index in [1.807, 2.05) is 37.3 Å². The smallest absolute Gasteiger partial charge is 0.344 e. The monoisotopic (exact) mass is 420 g/mol. The first kappa shape index (κ1) is 20.7. The molecule has 0 saturated heterocycles. The molecular weight excluding hydrogens is 396 g/mol. The molecule has 2 aliphatic heterocycles. The Labute approximate surface area is 181 Å². The molecule has 2 aromatic carbocycles. The fourth-order valence-corrected chi connectivity index (χ4v) is 3.34. The first-order valence-electron chi connectivity index (χ1n) is 10.1. The molecule has 0 bridgehead atoms. The summed E-state index contributed by atoms with van der Waals surface area (Å²) in [4.78, 5) is 24.6. The summed E-state index contributed by atoms with van der Waals surface area (Å²) in [7, 11) is 0. The number of benzene rings is 2. The third-order valence-electron chi connectivity index (χ3n) is 4.73. The third-order valence-corrected chi connectivity index (χ3v) is 4.73. The van der Waals surface area contributed by atoms with Crippen molar-refractivity contribution in [3.8, 4) is 17.2 Å². The van der Waals surface area contributed by atoms with E-state index < -0.39 is 11.6 Å². The molecule has 160 valence electrons. The van der Waals surface area contributed by atoms with Gasteiger partial charge in [0.2, 0.25) is 5.78 Å². The molecule has 0 aromatic heterocycles. The average molecular weight is 420 g/mol. The molecule has 0 radical (unpaired) electrons. The van der Waals surface area contributed by atoms with Gasteiger partial charge in [-0.2, -0.15) is 0 Å². The standard InChI is InChI=1S/C25H24O6/c1-15-17(11-16-7-5-6-8-20(16)29-15)12-22-24(27)19-10-9-18(13-21(19)30-22)28-14-23(26)31-25(2,3)4/h5-13,15H,14H2,1-4H3/b22-12-. The maximum absolute atomic E-state index is 12.8. The summed E-state index contributed by atoms with van der Waals surface area (Å²) in [6.45, 7) is 7.07. The van der Waals surface area contributed by atoms with Crippen LogP contribution in [0.2, 0.25) is 0 Å². The highest BCUT2D eigenvalue weighted by Crippen LogP contribution is 2.36. The highest BCUT2D eigenvalue weighted by molar-refractivity contribution is 6.12. The number of ether oxygens (including phenoxy) is 4. The minimum absolute atomic E-state index is 0.208. The highest BCUT2D eigenvalue weighted by atomic mass is 16.6. The van der Waals surface area contributed by atoms with Gasteiger partial charge in [-0.3, -0.25) is 4.79 Å². The largest absolute Gasteiger partial charge is 0.485 e. The van der Waals surface area contributed by atoms with Crippen molar-refractivity contribution >= 4 is 17.8 Å². The summed E-state index contributed by atoms with van der Waals surface area (Å²) >= 11 is 0. The number of hydrogen-bond acceptors (Lipinski definition) is 6. The molecule has 1 atom stereocenters. The van der Waals surface area contributed by atoms with E-state index in [9.17, 15) is 9.59 Å². The second-order valence-corrected chi connectivity index (χ2v) is 8.42. The van der Waals surface area contributed by atoms with Crippen molar-refractivity contribution < 1.29 is 28.5 Å². The van der Waals surface area contributed by atoms with Gasteiger partial charge in [0.15, 0.2) is 12.4 Å². The zero-order chi connectivity index (χ0) is 22.2. The molecule has 2 aliphatic rings. The molecule has 31 heavy (non-hydrogen) atoms. The van der Waals surface area contributed by atoms with Crippen LogP contribution >= 0.6 is 0 Å². The third kappa shape index (κ3) is 4.63. The number of allylic oxidation sites excluding steroid dienone is 1. The number of rotatable bonds is 4. The Hall–Kier alpha value is -3.54. The van der Waals surface area contributed by atoms with Gasteiger partial charge in [0.25, 0.3) is 0 Å². The number of carbonyl (C=O) groups is 2. The average Bonchev–Trinajstić information content (AvgIpc) is 3.00. The van der Waals surface area contributed by atoms with Crippen molar-refractivity contribution in [1.82, 2.24) is 0 Å². The lowest BCUT2D eigenvalue weighted by atomic mass is 10.0. The quantitative estimate of drug-likeness (QED) is 0.526. The van der Waals surface area contributed by atoms with Crippen molar-refractivity contribution in [2.24, 2.45) is 0 Å². The molecule has 6 heteroatoms. The lowest BCUT2D eigenvalue weighted by Crippen LogP contribution is -2.27. The van der Waals surface area contributed by atoms with Crippen molar-refractivity contribution in [3.63, 3.8) is 0 Å². The first-order chi connectivity index (χ1) is 14.7. The second-order valence-electron chi connectivity index (χ2n) is 8.42. The Morgan fingerprint density at radius 3 is 2.68 bits per heavy atom. The molecule has 1 unspecified atom stereocenters. The summed E-state index contributed by atoms with van der Waals surface area (Å²) in [6.07, 6.45) is 3.49. The van der Waals surface area contributed by atoms with Gasteiger partial charge >= 0.3 is 5.97 Å². The van der Waals surface area contributed by atoms with Crippen molar-refractivity contribution in [1.29, 1.82) is 0 Å². The van der Waals surface area contributed by atoms with Crippen LogP contribution in [0.4, 0.5) is 0 Å². The molecule has 2 heterocycles. The minimum atomic E-state index is -0.581. The van der Waals surface area contributed by atoms with Crippen LogP contribution in [0, 0.1) is 0 Å². The van der Waals surface area contributed by atoms with Crippen LogP contribution in [0.5, 0.6) is 17.2 Å². The zero-order valence-electron chi connectivity index (χ0n) is 17.9. The molecule has 2 aromatic rings. The number of fused-ring (bicyclic) bond motifs is 2. The van der Waals surface area contributed by atoms with Crippen molar-refractivity contribution in [2.75, 3.05) is 6.61 Å². The summed E-state index contributed by atoms with van der Waals surface area (Å²) in [5.74, 6) is 1.17. The minimum Gasteiger partial charge on any atom is -0.485 e. The Kier molecular flexibility index (Phi) is 5.31. The lowest BCUT2D eigenvalue weighted by Gasteiger charge is -2.22.